The summed E-state index contributed by atoms with van der Waals surface area (Å²) in [6, 6.07) is 1.90. The number of alkyl halides is 3. The van der Waals surface area contributed by atoms with Crippen molar-refractivity contribution in [1.82, 2.24) is 20.0 Å². The topological polar surface area (TPSA) is 116 Å². The standard InChI is InChI=1S/C12H8F3N5O3/c13-12(14,15)6-2-1-5-8-9(23-10(5)18-6)11(22)20(4-17-8)3-7(21)19-16/h1-2,4H,3,16H2,(H,19,21). The molecule has 0 saturated heterocycles. The largest absolute Gasteiger partial charge is 0.433 e. The number of hydrogen-bond acceptors (Lipinski definition) is 6. The highest BCUT2D eigenvalue weighted by Gasteiger charge is 2.33. The fourth-order valence-corrected chi connectivity index (χ4v) is 2.02. The number of rotatable bonds is 2. The summed E-state index contributed by atoms with van der Waals surface area (Å²) in [5.41, 5.74) is -0.620. The Bertz CT molecular complexity index is 976. The van der Waals surface area contributed by atoms with Gasteiger partial charge in [-0.2, -0.15) is 13.2 Å². The van der Waals surface area contributed by atoms with Crippen molar-refractivity contribution in [2.75, 3.05) is 0 Å². The lowest BCUT2D eigenvalue weighted by Gasteiger charge is -2.03. The monoisotopic (exact) mass is 327 g/mol. The van der Waals surface area contributed by atoms with Crippen LogP contribution in [0.25, 0.3) is 22.2 Å². The van der Waals surface area contributed by atoms with Gasteiger partial charge in [0.15, 0.2) is 0 Å². The van der Waals surface area contributed by atoms with Gasteiger partial charge in [-0.15, -0.1) is 0 Å². The number of pyridine rings is 1. The number of nitrogens with zero attached hydrogens (tertiary/aromatic N) is 3. The van der Waals surface area contributed by atoms with Crippen LogP contribution in [0.15, 0.2) is 27.7 Å². The van der Waals surface area contributed by atoms with Gasteiger partial charge in [-0.1, -0.05) is 0 Å². The van der Waals surface area contributed by atoms with Crippen molar-refractivity contribution >= 4 is 28.1 Å². The first kappa shape index (κ1) is 15.0. The minimum atomic E-state index is -4.64. The first-order valence-electron chi connectivity index (χ1n) is 6.16. The molecule has 11 heteroatoms. The van der Waals surface area contributed by atoms with Crippen LogP contribution >= 0.6 is 0 Å². The minimum absolute atomic E-state index is 0.0654. The number of halogens is 3. The van der Waals surface area contributed by atoms with Crippen LogP contribution in [0.5, 0.6) is 0 Å². The number of carbonyl (C=O) groups is 1. The van der Waals surface area contributed by atoms with Crippen molar-refractivity contribution in [3.63, 3.8) is 0 Å². The number of nitrogens with two attached hydrogens (primary N) is 1. The van der Waals surface area contributed by atoms with Gasteiger partial charge >= 0.3 is 6.18 Å². The third-order valence-corrected chi connectivity index (χ3v) is 3.08. The smallest absolute Gasteiger partial charge is 0.430 e. The molecule has 0 aromatic carbocycles. The van der Waals surface area contributed by atoms with E-state index in [-0.39, 0.29) is 22.2 Å². The highest BCUT2D eigenvalue weighted by Crippen LogP contribution is 2.31. The second kappa shape index (κ2) is 5.05. The van der Waals surface area contributed by atoms with E-state index in [0.717, 1.165) is 23.0 Å². The van der Waals surface area contributed by atoms with Crippen LogP contribution in [0, 0.1) is 0 Å². The molecule has 3 N–H and O–H groups in total. The van der Waals surface area contributed by atoms with Crippen LogP contribution < -0.4 is 16.8 Å². The lowest BCUT2D eigenvalue weighted by atomic mass is 10.2. The van der Waals surface area contributed by atoms with Crippen LogP contribution in [0.4, 0.5) is 13.2 Å². The zero-order valence-electron chi connectivity index (χ0n) is 11.2. The molecule has 0 bridgehead atoms. The molecule has 0 aliphatic heterocycles. The summed E-state index contributed by atoms with van der Waals surface area (Å²) in [7, 11) is 0. The van der Waals surface area contributed by atoms with Crippen LogP contribution in [-0.4, -0.2) is 20.4 Å². The molecule has 0 saturated carbocycles. The quantitative estimate of drug-likeness (QED) is 0.403. The Morgan fingerprint density at radius 1 is 1.39 bits per heavy atom. The molecule has 0 fully saturated rings. The van der Waals surface area contributed by atoms with Crippen LogP contribution in [0.1, 0.15) is 5.69 Å². The van der Waals surface area contributed by atoms with Gasteiger partial charge in [0.2, 0.25) is 11.3 Å². The maximum Gasteiger partial charge on any atom is 0.433 e. The average molecular weight is 327 g/mol. The van der Waals surface area contributed by atoms with E-state index < -0.39 is 29.9 Å². The van der Waals surface area contributed by atoms with Gasteiger partial charge in [0.05, 0.1) is 11.7 Å². The van der Waals surface area contributed by atoms with Gasteiger partial charge in [-0.05, 0) is 12.1 Å². The number of carbonyl (C=O) groups excluding carboxylic acids is 1. The second-order valence-electron chi connectivity index (χ2n) is 4.57. The van der Waals surface area contributed by atoms with Crippen LogP contribution in [0.3, 0.4) is 0 Å². The van der Waals surface area contributed by atoms with E-state index in [4.69, 9.17) is 10.3 Å². The number of hydrogen-bond donors (Lipinski definition) is 2. The average Bonchev–Trinajstić information content (AvgIpc) is 2.87. The first-order valence-corrected chi connectivity index (χ1v) is 6.16. The molecule has 0 radical (unpaired) electrons. The summed E-state index contributed by atoms with van der Waals surface area (Å²) in [5.74, 6) is 4.27. The van der Waals surface area contributed by atoms with E-state index in [1.807, 2.05) is 5.43 Å². The molecule has 1 amide bonds. The van der Waals surface area contributed by atoms with Crippen molar-refractivity contribution in [1.29, 1.82) is 0 Å². The van der Waals surface area contributed by atoms with E-state index in [1.165, 1.54) is 0 Å². The zero-order valence-corrected chi connectivity index (χ0v) is 11.2. The normalized spacial score (nSPS) is 12.0. The van der Waals surface area contributed by atoms with E-state index >= 15 is 0 Å². The van der Waals surface area contributed by atoms with Gasteiger partial charge in [-0.3, -0.25) is 19.6 Å². The highest BCUT2D eigenvalue weighted by atomic mass is 19.4. The Morgan fingerprint density at radius 2 is 2.13 bits per heavy atom. The van der Waals surface area contributed by atoms with Gasteiger partial charge in [-0.25, -0.2) is 15.8 Å². The minimum Gasteiger partial charge on any atom is -0.430 e. The number of aromatic nitrogens is 3. The fourth-order valence-electron chi connectivity index (χ4n) is 2.02. The van der Waals surface area contributed by atoms with E-state index in [1.54, 1.807) is 0 Å². The van der Waals surface area contributed by atoms with Gasteiger partial charge in [0, 0.05) is 0 Å². The molecule has 0 aliphatic rings. The summed E-state index contributed by atoms with van der Waals surface area (Å²) in [6.07, 6.45) is -3.56. The van der Waals surface area contributed by atoms with Crippen LogP contribution in [-0.2, 0) is 17.5 Å². The van der Waals surface area contributed by atoms with E-state index in [9.17, 15) is 22.8 Å². The van der Waals surface area contributed by atoms with Gasteiger partial charge < -0.3 is 4.42 Å². The van der Waals surface area contributed by atoms with Crippen LogP contribution in [0.2, 0.25) is 0 Å². The molecule has 0 aliphatic carbocycles. The molecule has 3 rings (SSSR count). The summed E-state index contributed by atoms with van der Waals surface area (Å²) in [5, 5.41) is 0.167. The Hall–Kier alpha value is -2.95. The maximum absolute atomic E-state index is 12.7. The summed E-state index contributed by atoms with van der Waals surface area (Å²) >= 11 is 0. The number of nitrogens with one attached hydrogen (secondary N) is 1. The predicted octanol–water partition coefficient (Wildman–Crippen LogP) is 0.546. The molecular weight excluding hydrogens is 319 g/mol. The van der Waals surface area contributed by atoms with Gasteiger partial charge in [0.25, 0.3) is 11.5 Å². The molecule has 3 aromatic heterocycles. The van der Waals surface area contributed by atoms with Crippen molar-refractivity contribution in [3.05, 3.63) is 34.5 Å². The number of furan rings is 1. The number of amides is 1. The van der Waals surface area contributed by atoms with Gasteiger partial charge in [0.1, 0.15) is 17.8 Å². The predicted molar refractivity (Wildman–Crippen MR) is 70.9 cm³/mol. The fraction of sp³-hybridized carbons (Fsp3) is 0.167. The number of fused-ring (bicyclic) bond motifs is 3. The molecule has 3 aromatic rings. The SMILES string of the molecule is NNC(=O)Cn1cnc2c(oc3nc(C(F)(F)F)ccc32)c1=O. The van der Waals surface area contributed by atoms with Crippen molar-refractivity contribution in [2.24, 2.45) is 5.84 Å². The Morgan fingerprint density at radius 3 is 2.78 bits per heavy atom. The Balaban J connectivity index is 2.20. The first-order chi connectivity index (χ1) is 10.8. The summed E-state index contributed by atoms with van der Waals surface area (Å²) < 4.78 is 44.0. The third-order valence-electron chi connectivity index (χ3n) is 3.08. The molecule has 0 atom stereocenters. The van der Waals surface area contributed by atoms with E-state index in [2.05, 4.69) is 9.97 Å². The highest BCUT2D eigenvalue weighted by molar-refractivity contribution is 6.00. The third kappa shape index (κ3) is 2.50. The molecule has 23 heavy (non-hydrogen) atoms. The molecule has 120 valence electrons. The number of hydrazine groups is 1. The van der Waals surface area contributed by atoms with Crippen molar-refractivity contribution < 1.29 is 22.4 Å². The molecule has 0 spiro atoms. The van der Waals surface area contributed by atoms with Crippen molar-refractivity contribution in [3.8, 4) is 0 Å². The maximum atomic E-state index is 12.7. The van der Waals surface area contributed by atoms with Crippen molar-refractivity contribution in [2.45, 2.75) is 12.7 Å². The molecule has 0 unspecified atom stereocenters. The Labute approximate surface area is 124 Å². The molecule has 8 nitrogen and oxygen atoms in total. The zero-order chi connectivity index (χ0) is 16.8. The second-order valence-corrected chi connectivity index (χ2v) is 4.57. The summed E-state index contributed by atoms with van der Waals surface area (Å²) in [4.78, 5) is 30.7. The lowest BCUT2D eigenvalue weighted by Crippen LogP contribution is -2.36. The lowest BCUT2D eigenvalue weighted by molar-refractivity contribution is -0.141. The molecular formula is C12H8F3N5O3. The Kier molecular flexibility index (Phi) is 3.29. The van der Waals surface area contributed by atoms with E-state index in [0.29, 0.717) is 0 Å². The molecule has 3 heterocycles. The summed E-state index contributed by atoms with van der Waals surface area (Å²) in [6.45, 7) is -0.406.